The van der Waals surface area contributed by atoms with Gasteiger partial charge in [0.2, 0.25) is 0 Å². The number of carbonyl (C=O) groups excluding carboxylic acids is 1. The lowest BCUT2D eigenvalue weighted by atomic mass is 10.1. The molecule has 0 bridgehead atoms. The standard InChI is InChI=1S/C14H24N2O4S/c1-15(11-4-2-3-5-11)14(17)16-7-9-21(18,19)13-10-20-8-6-12(13)16/h11-13H,2-10H2,1H3/t12-,13+/m1/s1. The number of sulfone groups is 1. The SMILES string of the molecule is CN(C(=O)N1CCS(=O)(=O)[C@H]2COCC[C@H]21)C1CCCC1. The molecule has 0 aromatic heterocycles. The minimum Gasteiger partial charge on any atom is -0.380 e. The molecular formula is C14H24N2O4S. The Morgan fingerprint density at radius 3 is 2.67 bits per heavy atom. The Kier molecular flexibility index (Phi) is 4.14. The number of ether oxygens (including phenoxy) is 1. The molecule has 120 valence electrons. The minimum atomic E-state index is -3.13. The molecule has 2 saturated heterocycles. The van der Waals surface area contributed by atoms with Crippen LogP contribution in [0.25, 0.3) is 0 Å². The molecule has 7 heteroatoms. The quantitative estimate of drug-likeness (QED) is 0.720. The van der Waals surface area contributed by atoms with Crippen molar-refractivity contribution >= 4 is 15.9 Å². The largest absolute Gasteiger partial charge is 0.380 e. The van der Waals surface area contributed by atoms with Gasteiger partial charge in [-0.3, -0.25) is 0 Å². The number of rotatable bonds is 1. The third-order valence-electron chi connectivity index (χ3n) is 5.17. The summed E-state index contributed by atoms with van der Waals surface area (Å²) in [6, 6.07) is 0.0943. The van der Waals surface area contributed by atoms with Crippen molar-refractivity contribution in [2.24, 2.45) is 0 Å². The van der Waals surface area contributed by atoms with Crippen LogP contribution in [0, 0.1) is 0 Å². The maximum atomic E-state index is 12.8. The van der Waals surface area contributed by atoms with E-state index in [0.29, 0.717) is 25.6 Å². The zero-order chi connectivity index (χ0) is 15.0. The maximum Gasteiger partial charge on any atom is 0.320 e. The summed E-state index contributed by atoms with van der Waals surface area (Å²) < 4.78 is 29.7. The lowest BCUT2D eigenvalue weighted by molar-refractivity contribution is 0.0384. The number of amides is 2. The monoisotopic (exact) mass is 316 g/mol. The Morgan fingerprint density at radius 2 is 1.95 bits per heavy atom. The van der Waals surface area contributed by atoms with Crippen LogP contribution in [0.1, 0.15) is 32.1 Å². The molecule has 21 heavy (non-hydrogen) atoms. The molecule has 0 radical (unpaired) electrons. The Bertz CT molecular complexity index is 501. The second kappa shape index (κ2) is 5.76. The topological polar surface area (TPSA) is 66.9 Å². The van der Waals surface area contributed by atoms with Crippen LogP contribution >= 0.6 is 0 Å². The third-order valence-corrected chi connectivity index (χ3v) is 7.29. The second-order valence-electron chi connectivity index (χ2n) is 6.36. The molecule has 1 saturated carbocycles. The van der Waals surface area contributed by atoms with Gasteiger partial charge in [-0.15, -0.1) is 0 Å². The highest BCUT2D eigenvalue weighted by molar-refractivity contribution is 7.92. The van der Waals surface area contributed by atoms with Crippen LogP contribution in [-0.4, -0.2) is 74.1 Å². The summed E-state index contributed by atoms with van der Waals surface area (Å²) in [4.78, 5) is 16.4. The second-order valence-corrected chi connectivity index (χ2v) is 8.70. The number of fused-ring (bicyclic) bond motifs is 1. The Morgan fingerprint density at radius 1 is 1.24 bits per heavy atom. The molecule has 2 amide bonds. The molecule has 0 N–H and O–H groups in total. The van der Waals surface area contributed by atoms with Crippen LogP contribution in [-0.2, 0) is 14.6 Å². The van der Waals surface area contributed by atoms with Crippen molar-refractivity contribution < 1.29 is 17.9 Å². The van der Waals surface area contributed by atoms with Crippen molar-refractivity contribution in [3.05, 3.63) is 0 Å². The van der Waals surface area contributed by atoms with E-state index in [1.54, 1.807) is 4.90 Å². The van der Waals surface area contributed by atoms with Gasteiger partial charge in [-0.05, 0) is 19.3 Å². The average molecular weight is 316 g/mol. The molecule has 2 heterocycles. The van der Waals surface area contributed by atoms with Crippen LogP contribution in [0.4, 0.5) is 4.79 Å². The van der Waals surface area contributed by atoms with E-state index in [-0.39, 0.29) is 24.4 Å². The highest BCUT2D eigenvalue weighted by atomic mass is 32.2. The van der Waals surface area contributed by atoms with Crippen LogP contribution in [0.2, 0.25) is 0 Å². The predicted molar refractivity (Wildman–Crippen MR) is 78.9 cm³/mol. The molecule has 1 aliphatic carbocycles. The zero-order valence-electron chi connectivity index (χ0n) is 12.5. The van der Waals surface area contributed by atoms with Crippen molar-refractivity contribution in [2.75, 3.05) is 32.6 Å². The lowest BCUT2D eigenvalue weighted by Gasteiger charge is -2.45. The van der Waals surface area contributed by atoms with Gasteiger partial charge in [-0.2, -0.15) is 0 Å². The van der Waals surface area contributed by atoms with Crippen molar-refractivity contribution in [1.82, 2.24) is 9.80 Å². The zero-order valence-corrected chi connectivity index (χ0v) is 13.3. The first-order valence-corrected chi connectivity index (χ1v) is 9.55. The first-order valence-electron chi connectivity index (χ1n) is 7.83. The summed E-state index contributed by atoms with van der Waals surface area (Å²) in [7, 11) is -1.28. The Balaban J connectivity index is 1.76. The lowest BCUT2D eigenvalue weighted by Crippen LogP contribution is -2.62. The van der Waals surface area contributed by atoms with Crippen molar-refractivity contribution in [3.63, 3.8) is 0 Å². The first kappa shape index (κ1) is 15.1. The van der Waals surface area contributed by atoms with Crippen molar-refractivity contribution in [3.8, 4) is 0 Å². The number of hydrogen-bond acceptors (Lipinski definition) is 4. The molecule has 0 aromatic rings. The highest BCUT2D eigenvalue weighted by Gasteiger charge is 2.46. The fourth-order valence-corrected chi connectivity index (χ4v) is 5.65. The number of carbonyl (C=O) groups is 1. The van der Waals surface area contributed by atoms with Crippen molar-refractivity contribution in [2.45, 2.75) is 49.4 Å². The van der Waals surface area contributed by atoms with Crippen LogP contribution in [0.15, 0.2) is 0 Å². The molecule has 3 aliphatic rings. The Hall–Kier alpha value is -0.820. The normalized spacial score (nSPS) is 32.7. The van der Waals surface area contributed by atoms with Gasteiger partial charge in [0.05, 0.1) is 18.4 Å². The summed E-state index contributed by atoms with van der Waals surface area (Å²) in [6.07, 6.45) is 5.10. The van der Waals surface area contributed by atoms with Crippen LogP contribution in [0.5, 0.6) is 0 Å². The molecule has 0 spiro atoms. The molecule has 6 nitrogen and oxygen atoms in total. The summed E-state index contributed by atoms with van der Waals surface area (Å²) in [5.74, 6) is 0.0573. The van der Waals surface area contributed by atoms with Gasteiger partial charge < -0.3 is 14.5 Å². The Labute approximate surface area is 126 Å². The highest BCUT2D eigenvalue weighted by Crippen LogP contribution is 2.29. The van der Waals surface area contributed by atoms with E-state index in [1.807, 2.05) is 11.9 Å². The van der Waals surface area contributed by atoms with E-state index in [2.05, 4.69) is 0 Å². The molecule has 2 aliphatic heterocycles. The molecule has 0 unspecified atom stereocenters. The fourth-order valence-electron chi connectivity index (χ4n) is 3.83. The molecule has 2 atom stereocenters. The van der Waals surface area contributed by atoms with Gasteiger partial charge in [-0.1, -0.05) is 12.8 Å². The smallest absolute Gasteiger partial charge is 0.320 e. The number of urea groups is 1. The summed E-state index contributed by atoms with van der Waals surface area (Å²) in [6.45, 7) is 1.08. The minimum absolute atomic E-state index is 0.00583. The van der Waals surface area contributed by atoms with Gasteiger partial charge in [0.25, 0.3) is 0 Å². The number of hydrogen-bond donors (Lipinski definition) is 0. The number of nitrogens with zero attached hydrogens (tertiary/aromatic N) is 2. The van der Waals surface area contributed by atoms with E-state index < -0.39 is 15.1 Å². The van der Waals surface area contributed by atoms with Gasteiger partial charge in [0.15, 0.2) is 9.84 Å². The fraction of sp³-hybridized carbons (Fsp3) is 0.929. The van der Waals surface area contributed by atoms with Gasteiger partial charge in [0, 0.05) is 26.2 Å². The summed E-state index contributed by atoms with van der Waals surface area (Å²) >= 11 is 0. The van der Waals surface area contributed by atoms with E-state index in [1.165, 1.54) is 12.8 Å². The van der Waals surface area contributed by atoms with Gasteiger partial charge >= 0.3 is 6.03 Å². The predicted octanol–water partition coefficient (Wildman–Crippen LogP) is 0.869. The maximum absolute atomic E-state index is 12.8. The van der Waals surface area contributed by atoms with Crippen LogP contribution in [0.3, 0.4) is 0 Å². The van der Waals surface area contributed by atoms with Crippen LogP contribution < -0.4 is 0 Å². The molecule has 0 aromatic carbocycles. The molecular weight excluding hydrogens is 292 g/mol. The van der Waals surface area contributed by atoms with E-state index in [0.717, 1.165) is 12.8 Å². The van der Waals surface area contributed by atoms with E-state index in [9.17, 15) is 13.2 Å². The third kappa shape index (κ3) is 2.77. The van der Waals surface area contributed by atoms with E-state index in [4.69, 9.17) is 4.74 Å². The van der Waals surface area contributed by atoms with E-state index >= 15 is 0 Å². The average Bonchev–Trinajstić information content (AvgIpc) is 3.00. The molecule has 3 fully saturated rings. The summed E-state index contributed by atoms with van der Waals surface area (Å²) in [5.41, 5.74) is 0. The molecule has 3 rings (SSSR count). The van der Waals surface area contributed by atoms with Gasteiger partial charge in [-0.25, -0.2) is 13.2 Å². The summed E-state index contributed by atoms with van der Waals surface area (Å²) in [5, 5.41) is -0.541. The van der Waals surface area contributed by atoms with Crippen molar-refractivity contribution in [1.29, 1.82) is 0 Å². The van der Waals surface area contributed by atoms with Gasteiger partial charge in [0.1, 0.15) is 5.25 Å². The first-order chi connectivity index (χ1) is 10.0.